The summed E-state index contributed by atoms with van der Waals surface area (Å²) < 4.78 is 25.9. The third-order valence-electron chi connectivity index (χ3n) is 5.42. The van der Waals surface area contributed by atoms with Crippen LogP contribution in [0.1, 0.15) is 5.56 Å². The van der Waals surface area contributed by atoms with Crippen molar-refractivity contribution in [3.63, 3.8) is 0 Å². The highest BCUT2D eigenvalue weighted by molar-refractivity contribution is 7.92. The zero-order valence-electron chi connectivity index (χ0n) is 17.8. The highest BCUT2D eigenvalue weighted by Gasteiger charge is 2.21. The van der Waals surface area contributed by atoms with Crippen LogP contribution in [-0.2, 0) is 14.6 Å². The minimum Gasteiger partial charge on any atom is -0.354 e. The molecule has 3 aromatic rings. The molecule has 2 aromatic carbocycles. The van der Waals surface area contributed by atoms with E-state index in [1.165, 1.54) is 34.5 Å². The summed E-state index contributed by atoms with van der Waals surface area (Å²) in [5.74, 6) is -1.07. The molecule has 1 fully saturated rings. The average Bonchev–Trinajstić information content (AvgIpc) is 3.17. The Morgan fingerprint density at radius 1 is 1.12 bits per heavy atom. The van der Waals surface area contributed by atoms with Crippen molar-refractivity contribution in [2.75, 3.05) is 49.9 Å². The largest absolute Gasteiger partial charge is 0.354 e. The Kier molecular flexibility index (Phi) is 6.99. The third kappa shape index (κ3) is 5.58. The monoisotopic (exact) mass is 492 g/mol. The van der Waals surface area contributed by atoms with Crippen LogP contribution in [0, 0.1) is 6.92 Å². The maximum atomic E-state index is 12.3. The summed E-state index contributed by atoms with van der Waals surface area (Å²) in [6.07, 6.45) is 0. The van der Waals surface area contributed by atoms with Crippen LogP contribution in [0.3, 0.4) is 0 Å². The van der Waals surface area contributed by atoms with Gasteiger partial charge in [0.15, 0.2) is 15.0 Å². The fourth-order valence-corrected chi connectivity index (χ4v) is 6.03. The summed E-state index contributed by atoms with van der Waals surface area (Å²) in [6.45, 7) is 6.66. The molecule has 4 rings (SSSR count). The first-order chi connectivity index (χ1) is 15.3. The Hall–Kier alpha value is -2.20. The first kappa shape index (κ1) is 23.0. The number of aromatic nitrogens is 1. The van der Waals surface area contributed by atoms with Gasteiger partial charge in [-0.3, -0.25) is 9.69 Å². The van der Waals surface area contributed by atoms with Crippen LogP contribution in [-0.4, -0.2) is 69.2 Å². The highest BCUT2D eigenvalue weighted by atomic mass is 35.5. The summed E-state index contributed by atoms with van der Waals surface area (Å²) in [4.78, 5) is 21.6. The van der Waals surface area contributed by atoms with Gasteiger partial charge in [0.05, 0.1) is 15.1 Å². The van der Waals surface area contributed by atoms with Gasteiger partial charge in [-0.1, -0.05) is 29.0 Å². The van der Waals surface area contributed by atoms with E-state index in [2.05, 4.69) is 40.2 Å². The Labute approximate surface area is 196 Å². The summed E-state index contributed by atoms with van der Waals surface area (Å²) in [7, 11) is -3.68. The molecule has 1 saturated heterocycles. The number of anilines is 1. The number of carbonyl (C=O) groups is 1. The predicted molar refractivity (Wildman–Crippen MR) is 130 cm³/mol. The predicted octanol–water partition coefficient (Wildman–Crippen LogP) is 2.97. The number of sulfone groups is 1. The van der Waals surface area contributed by atoms with Crippen LogP contribution in [0.2, 0.25) is 5.02 Å². The molecule has 0 bridgehead atoms. The fraction of sp³-hybridized carbons (Fsp3) is 0.364. The molecular weight excluding hydrogens is 468 g/mol. The first-order valence-electron chi connectivity index (χ1n) is 10.4. The van der Waals surface area contributed by atoms with Crippen LogP contribution in [0.4, 0.5) is 5.13 Å². The van der Waals surface area contributed by atoms with Crippen LogP contribution in [0.15, 0.2) is 47.4 Å². The standard InChI is InChI=1S/C22H25ClN4O3S2/c1-16-2-7-19-20(14-16)31-22(25-19)27-12-10-26(11-13-27)9-8-24-21(28)15-32(29,30)18-5-3-17(23)4-6-18/h2-7,14H,8-13,15H2,1H3,(H,24,28). The van der Waals surface area contributed by atoms with E-state index in [1.807, 2.05) is 0 Å². The Bertz CT molecular complexity index is 1200. The second kappa shape index (κ2) is 9.74. The van der Waals surface area contributed by atoms with Crippen LogP contribution in [0.5, 0.6) is 0 Å². The highest BCUT2D eigenvalue weighted by Crippen LogP contribution is 2.30. The second-order valence-electron chi connectivity index (χ2n) is 7.86. The number of rotatable bonds is 7. The van der Waals surface area contributed by atoms with Crippen molar-refractivity contribution >= 4 is 54.0 Å². The molecule has 1 aromatic heterocycles. The molecule has 170 valence electrons. The molecule has 32 heavy (non-hydrogen) atoms. The molecule has 0 radical (unpaired) electrons. The topological polar surface area (TPSA) is 82.6 Å². The van der Waals surface area contributed by atoms with E-state index in [-0.39, 0.29) is 4.90 Å². The maximum Gasteiger partial charge on any atom is 0.235 e. The summed E-state index contributed by atoms with van der Waals surface area (Å²) in [6, 6.07) is 12.1. The smallest absolute Gasteiger partial charge is 0.235 e. The number of hydrogen-bond donors (Lipinski definition) is 1. The maximum absolute atomic E-state index is 12.3. The number of benzene rings is 2. The average molecular weight is 493 g/mol. The number of halogens is 1. The lowest BCUT2D eigenvalue weighted by atomic mass is 10.2. The van der Waals surface area contributed by atoms with Crippen LogP contribution >= 0.6 is 22.9 Å². The molecule has 1 aliphatic rings. The van der Waals surface area contributed by atoms with E-state index < -0.39 is 21.5 Å². The van der Waals surface area contributed by atoms with Crippen LogP contribution < -0.4 is 10.2 Å². The number of thiazole rings is 1. The molecule has 0 atom stereocenters. The summed E-state index contributed by atoms with van der Waals surface area (Å²) in [5, 5.41) is 4.22. The lowest BCUT2D eigenvalue weighted by molar-refractivity contribution is -0.118. The molecule has 1 aliphatic heterocycles. The van der Waals surface area contributed by atoms with E-state index >= 15 is 0 Å². The molecule has 1 N–H and O–H groups in total. The van der Waals surface area contributed by atoms with Gasteiger partial charge in [0.2, 0.25) is 5.91 Å². The number of amides is 1. The molecule has 1 amide bonds. The van der Waals surface area contributed by atoms with E-state index in [4.69, 9.17) is 16.6 Å². The van der Waals surface area contributed by atoms with Crippen molar-refractivity contribution in [2.24, 2.45) is 0 Å². The normalized spacial score (nSPS) is 15.2. The molecular formula is C22H25ClN4O3S2. The van der Waals surface area contributed by atoms with Gasteiger partial charge in [0, 0.05) is 44.3 Å². The summed E-state index contributed by atoms with van der Waals surface area (Å²) >= 11 is 7.51. The van der Waals surface area contributed by atoms with Crippen molar-refractivity contribution in [2.45, 2.75) is 11.8 Å². The third-order valence-corrected chi connectivity index (χ3v) is 8.38. The Morgan fingerprint density at radius 2 is 1.84 bits per heavy atom. The zero-order chi connectivity index (χ0) is 22.7. The van der Waals surface area contributed by atoms with Crippen molar-refractivity contribution in [3.8, 4) is 0 Å². The lowest BCUT2D eigenvalue weighted by Gasteiger charge is -2.34. The van der Waals surface area contributed by atoms with E-state index in [9.17, 15) is 13.2 Å². The minimum atomic E-state index is -3.68. The summed E-state index contributed by atoms with van der Waals surface area (Å²) in [5.41, 5.74) is 2.27. The van der Waals surface area contributed by atoms with Gasteiger partial charge >= 0.3 is 0 Å². The Balaban J connectivity index is 1.21. The number of piperazine rings is 1. The SMILES string of the molecule is Cc1ccc2nc(N3CCN(CCNC(=O)CS(=O)(=O)c4ccc(Cl)cc4)CC3)sc2c1. The van der Waals surface area contributed by atoms with Gasteiger partial charge in [0.1, 0.15) is 5.75 Å². The number of carbonyl (C=O) groups excluding carboxylic acids is 1. The van der Waals surface area contributed by atoms with Gasteiger partial charge in [-0.05, 0) is 48.9 Å². The van der Waals surface area contributed by atoms with E-state index in [1.54, 1.807) is 11.3 Å². The van der Waals surface area contributed by atoms with Gasteiger partial charge < -0.3 is 10.2 Å². The molecule has 0 spiro atoms. The lowest BCUT2D eigenvalue weighted by Crippen LogP contribution is -2.48. The van der Waals surface area contributed by atoms with E-state index in [0.29, 0.717) is 18.1 Å². The molecule has 0 unspecified atom stereocenters. The molecule has 7 nitrogen and oxygen atoms in total. The molecule has 0 aliphatic carbocycles. The van der Waals surface area contributed by atoms with E-state index in [0.717, 1.165) is 36.8 Å². The number of hydrogen-bond acceptors (Lipinski definition) is 7. The van der Waals surface area contributed by atoms with Crippen molar-refractivity contribution in [3.05, 3.63) is 53.1 Å². The number of aryl methyl sites for hydroxylation is 1. The Morgan fingerprint density at radius 3 is 2.56 bits per heavy atom. The quantitative estimate of drug-likeness (QED) is 0.546. The van der Waals surface area contributed by atoms with Gasteiger partial charge in [0.25, 0.3) is 0 Å². The second-order valence-corrected chi connectivity index (χ2v) is 11.3. The van der Waals surface area contributed by atoms with Crippen LogP contribution in [0.25, 0.3) is 10.2 Å². The molecule has 2 heterocycles. The van der Waals surface area contributed by atoms with Gasteiger partial charge in [-0.15, -0.1) is 0 Å². The van der Waals surface area contributed by atoms with Crippen molar-refractivity contribution in [1.82, 2.24) is 15.2 Å². The minimum absolute atomic E-state index is 0.0955. The molecule has 10 heteroatoms. The number of nitrogens with one attached hydrogen (secondary N) is 1. The van der Waals surface area contributed by atoms with Crippen molar-refractivity contribution in [1.29, 1.82) is 0 Å². The van der Waals surface area contributed by atoms with Gasteiger partial charge in [-0.2, -0.15) is 0 Å². The first-order valence-corrected chi connectivity index (χ1v) is 13.2. The number of nitrogens with zero attached hydrogens (tertiary/aromatic N) is 3. The molecule has 0 saturated carbocycles. The zero-order valence-corrected chi connectivity index (χ0v) is 20.1. The van der Waals surface area contributed by atoms with Crippen molar-refractivity contribution < 1.29 is 13.2 Å². The fourth-order valence-electron chi connectivity index (χ4n) is 3.62. The number of fused-ring (bicyclic) bond motifs is 1. The van der Waals surface area contributed by atoms with Gasteiger partial charge in [-0.25, -0.2) is 13.4 Å².